The van der Waals surface area contributed by atoms with Crippen LogP contribution in [0.3, 0.4) is 0 Å². The molecule has 0 spiro atoms. The standard InChI is InChI=1S/C16H18N2O2S/c1-9-10(2)21-16(17-9)18-15(19)14-8-13(14)11-4-6-12(20-3)7-5-11/h4-7,13-14H,8H2,1-3H3,(H,17,18,19). The number of amides is 1. The molecule has 1 aromatic heterocycles. The molecular weight excluding hydrogens is 284 g/mol. The molecule has 2 unspecified atom stereocenters. The Balaban J connectivity index is 1.62. The van der Waals surface area contributed by atoms with Crippen LogP contribution < -0.4 is 10.1 Å². The zero-order valence-corrected chi connectivity index (χ0v) is 13.2. The SMILES string of the molecule is COc1ccc(C2CC2C(=O)Nc2nc(C)c(C)s2)cc1. The number of nitrogens with zero attached hydrogens (tertiary/aromatic N) is 1. The van der Waals surface area contributed by atoms with E-state index in [2.05, 4.69) is 10.3 Å². The Morgan fingerprint density at radius 3 is 2.62 bits per heavy atom. The Bertz CT molecular complexity index is 644. The van der Waals surface area contributed by atoms with Crippen LogP contribution in [0.1, 0.15) is 28.5 Å². The lowest BCUT2D eigenvalue weighted by Gasteiger charge is -2.03. The van der Waals surface area contributed by atoms with Crippen molar-refractivity contribution in [3.05, 3.63) is 40.4 Å². The van der Waals surface area contributed by atoms with E-state index in [1.165, 1.54) is 16.9 Å². The van der Waals surface area contributed by atoms with Crippen molar-refractivity contribution in [2.75, 3.05) is 12.4 Å². The lowest BCUT2D eigenvalue weighted by molar-refractivity contribution is -0.117. The highest BCUT2D eigenvalue weighted by Gasteiger charge is 2.44. The van der Waals surface area contributed by atoms with Crippen LogP contribution in [0.4, 0.5) is 5.13 Å². The van der Waals surface area contributed by atoms with Crippen molar-refractivity contribution >= 4 is 22.4 Å². The fourth-order valence-electron chi connectivity index (χ4n) is 2.43. The fraction of sp³-hybridized carbons (Fsp3) is 0.375. The van der Waals surface area contributed by atoms with Gasteiger partial charge in [-0.25, -0.2) is 4.98 Å². The van der Waals surface area contributed by atoms with Gasteiger partial charge in [0.15, 0.2) is 5.13 Å². The number of methoxy groups -OCH3 is 1. The molecule has 1 saturated carbocycles. The summed E-state index contributed by atoms with van der Waals surface area (Å²) >= 11 is 1.53. The molecule has 21 heavy (non-hydrogen) atoms. The summed E-state index contributed by atoms with van der Waals surface area (Å²) in [4.78, 5) is 17.7. The van der Waals surface area contributed by atoms with Crippen LogP contribution in [0.5, 0.6) is 5.75 Å². The molecule has 1 fully saturated rings. The van der Waals surface area contributed by atoms with E-state index >= 15 is 0 Å². The van der Waals surface area contributed by atoms with Gasteiger partial charge in [0.05, 0.1) is 12.8 Å². The van der Waals surface area contributed by atoms with Gasteiger partial charge in [0.25, 0.3) is 0 Å². The summed E-state index contributed by atoms with van der Waals surface area (Å²) < 4.78 is 5.15. The number of rotatable bonds is 4. The van der Waals surface area contributed by atoms with E-state index in [-0.39, 0.29) is 11.8 Å². The second kappa shape index (κ2) is 5.48. The molecule has 1 N–H and O–H groups in total. The maximum Gasteiger partial charge on any atom is 0.229 e. The fourth-order valence-corrected chi connectivity index (χ4v) is 3.25. The van der Waals surface area contributed by atoms with Gasteiger partial charge in [-0.3, -0.25) is 4.79 Å². The minimum Gasteiger partial charge on any atom is -0.497 e. The lowest BCUT2D eigenvalue weighted by Crippen LogP contribution is -2.14. The van der Waals surface area contributed by atoms with Gasteiger partial charge >= 0.3 is 0 Å². The molecule has 2 atom stereocenters. The molecule has 4 nitrogen and oxygen atoms in total. The second-order valence-corrected chi connectivity index (χ2v) is 6.57. The number of aryl methyl sites for hydroxylation is 2. The Hall–Kier alpha value is -1.88. The first kappa shape index (κ1) is 14.1. The van der Waals surface area contributed by atoms with Crippen LogP contribution in [0.15, 0.2) is 24.3 Å². The molecule has 0 bridgehead atoms. The summed E-state index contributed by atoms with van der Waals surface area (Å²) in [6, 6.07) is 7.95. The first-order valence-electron chi connectivity index (χ1n) is 6.97. The molecule has 0 aliphatic heterocycles. The topological polar surface area (TPSA) is 51.2 Å². The van der Waals surface area contributed by atoms with Crippen molar-refractivity contribution in [1.82, 2.24) is 4.98 Å². The van der Waals surface area contributed by atoms with E-state index < -0.39 is 0 Å². The third-order valence-corrected chi connectivity index (χ3v) is 4.92. The molecule has 1 aliphatic rings. The molecule has 1 heterocycles. The normalized spacial score (nSPS) is 20.1. The third-order valence-electron chi connectivity index (χ3n) is 3.93. The first-order valence-corrected chi connectivity index (χ1v) is 7.79. The van der Waals surface area contributed by atoms with Crippen molar-refractivity contribution < 1.29 is 9.53 Å². The summed E-state index contributed by atoms with van der Waals surface area (Å²) in [5.74, 6) is 1.29. The second-order valence-electron chi connectivity index (χ2n) is 5.37. The van der Waals surface area contributed by atoms with Crippen molar-refractivity contribution in [3.63, 3.8) is 0 Å². The van der Waals surface area contributed by atoms with E-state index in [1.807, 2.05) is 38.1 Å². The predicted octanol–water partition coefficient (Wildman–Crippen LogP) is 3.51. The smallest absolute Gasteiger partial charge is 0.229 e. The minimum absolute atomic E-state index is 0.0582. The molecule has 1 aromatic carbocycles. The van der Waals surface area contributed by atoms with Gasteiger partial charge < -0.3 is 10.1 Å². The number of carbonyl (C=O) groups is 1. The van der Waals surface area contributed by atoms with E-state index in [4.69, 9.17) is 4.74 Å². The van der Waals surface area contributed by atoms with E-state index in [0.717, 1.165) is 22.7 Å². The summed E-state index contributed by atoms with van der Waals surface area (Å²) in [5.41, 5.74) is 2.18. The van der Waals surface area contributed by atoms with Crippen LogP contribution in [0.25, 0.3) is 0 Å². The Morgan fingerprint density at radius 1 is 1.33 bits per heavy atom. The van der Waals surface area contributed by atoms with E-state index in [9.17, 15) is 4.79 Å². The monoisotopic (exact) mass is 302 g/mol. The van der Waals surface area contributed by atoms with Crippen molar-refractivity contribution in [2.24, 2.45) is 5.92 Å². The number of hydrogen-bond donors (Lipinski definition) is 1. The number of thiazole rings is 1. The van der Waals surface area contributed by atoms with Gasteiger partial charge in [0.2, 0.25) is 5.91 Å². The lowest BCUT2D eigenvalue weighted by atomic mass is 10.1. The minimum atomic E-state index is 0.0582. The maximum absolute atomic E-state index is 12.2. The molecule has 0 saturated heterocycles. The van der Waals surface area contributed by atoms with Crippen LogP contribution in [-0.4, -0.2) is 18.0 Å². The van der Waals surface area contributed by atoms with E-state index in [0.29, 0.717) is 11.0 Å². The zero-order chi connectivity index (χ0) is 15.0. The summed E-state index contributed by atoms with van der Waals surface area (Å²) in [5, 5.41) is 3.64. The molecule has 1 aliphatic carbocycles. The van der Waals surface area contributed by atoms with Crippen LogP contribution in [0.2, 0.25) is 0 Å². The zero-order valence-electron chi connectivity index (χ0n) is 12.3. The third kappa shape index (κ3) is 2.93. The van der Waals surface area contributed by atoms with Gasteiger partial charge in [0.1, 0.15) is 5.75 Å². The molecule has 110 valence electrons. The van der Waals surface area contributed by atoms with Gasteiger partial charge in [-0.1, -0.05) is 12.1 Å². The van der Waals surface area contributed by atoms with Gasteiger partial charge in [0, 0.05) is 10.8 Å². The Kier molecular flexibility index (Phi) is 3.68. The molecule has 0 radical (unpaired) electrons. The molecule has 5 heteroatoms. The van der Waals surface area contributed by atoms with Crippen molar-refractivity contribution in [2.45, 2.75) is 26.2 Å². The Morgan fingerprint density at radius 2 is 2.05 bits per heavy atom. The maximum atomic E-state index is 12.2. The predicted molar refractivity (Wildman–Crippen MR) is 84.1 cm³/mol. The number of hydrogen-bond acceptors (Lipinski definition) is 4. The number of anilines is 1. The highest BCUT2D eigenvalue weighted by atomic mass is 32.1. The summed E-state index contributed by atoms with van der Waals surface area (Å²) in [7, 11) is 1.65. The highest BCUT2D eigenvalue weighted by molar-refractivity contribution is 7.15. The van der Waals surface area contributed by atoms with Crippen molar-refractivity contribution in [1.29, 1.82) is 0 Å². The summed E-state index contributed by atoms with van der Waals surface area (Å²) in [6.07, 6.45) is 0.904. The van der Waals surface area contributed by atoms with Crippen LogP contribution >= 0.6 is 11.3 Å². The number of carbonyl (C=O) groups excluding carboxylic acids is 1. The van der Waals surface area contributed by atoms with E-state index in [1.54, 1.807) is 7.11 Å². The van der Waals surface area contributed by atoms with Gasteiger partial charge in [-0.2, -0.15) is 0 Å². The van der Waals surface area contributed by atoms with Gasteiger partial charge in [-0.15, -0.1) is 11.3 Å². The largest absolute Gasteiger partial charge is 0.497 e. The number of benzene rings is 1. The quantitative estimate of drug-likeness (QED) is 0.940. The molecule has 3 rings (SSSR count). The van der Waals surface area contributed by atoms with Gasteiger partial charge in [-0.05, 0) is 43.9 Å². The molecular formula is C16H18N2O2S. The number of nitrogens with one attached hydrogen (secondary N) is 1. The average Bonchev–Trinajstić information content (AvgIpc) is 3.21. The van der Waals surface area contributed by atoms with Crippen LogP contribution in [0, 0.1) is 19.8 Å². The van der Waals surface area contributed by atoms with Crippen LogP contribution in [-0.2, 0) is 4.79 Å². The van der Waals surface area contributed by atoms with Crippen molar-refractivity contribution in [3.8, 4) is 5.75 Å². The highest BCUT2D eigenvalue weighted by Crippen LogP contribution is 2.48. The number of aromatic nitrogens is 1. The molecule has 1 amide bonds. The number of ether oxygens (including phenoxy) is 1. The Labute approximate surface area is 128 Å². The first-order chi connectivity index (χ1) is 10.1. The average molecular weight is 302 g/mol. The molecule has 2 aromatic rings. The summed E-state index contributed by atoms with van der Waals surface area (Å²) in [6.45, 7) is 3.97.